The van der Waals surface area contributed by atoms with Gasteiger partial charge >= 0.3 is 0 Å². The summed E-state index contributed by atoms with van der Waals surface area (Å²) >= 11 is 6.94. The second-order valence-electron chi connectivity index (χ2n) is 3.14. The van der Waals surface area contributed by atoms with Crippen LogP contribution in [-0.4, -0.2) is 15.0 Å². The third-order valence-corrected chi connectivity index (χ3v) is 3.08. The highest BCUT2D eigenvalue weighted by Crippen LogP contribution is 2.29. The standard InChI is InChI=1S/C9H8Br2N4/c1-5-2-6(10)9(7(11)3-5)15-13-4-8(12)14-15/h2-4H,1H3,(H2,12,14). The number of hydrogen-bond acceptors (Lipinski definition) is 3. The van der Waals surface area contributed by atoms with Crippen molar-refractivity contribution < 1.29 is 0 Å². The zero-order valence-electron chi connectivity index (χ0n) is 7.91. The zero-order valence-corrected chi connectivity index (χ0v) is 11.1. The van der Waals surface area contributed by atoms with Crippen LogP contribution in [-0.2, 0) is 0 Å². The van der Waals surface area contributed by atoms with Crippen LogP contribution in [0.3, 0.4) is 0 Å². The molecule has 0 bridgehead atoms. The Morgan fingerprint density at radius 1 is 1.27 bits per heavy atom. The Labute approximate surface area is 104 Å². The number of hydrogen-bond donors (Lipinski definition) is 1. The number of rotatable bonds is 1. The normalized spacial score (nSPS) is 10.6. The molecule has 0 aliphatic carbocycles. The largest absolute Gasteiger partial charge is 0.381 e. The minimum Gasteiger partial charge on any atom is -0.381 e. The summed E-state index contributed by atoms with van der Waals surface area (Å²) in [7, 11) is 0. The van der Waals surface area contributed by atoms with Gasteiger partial charge in [0, 0.05) is 8.95 Å². The minimum atomic E-state index is 0.398. The molecule has 15 heavy (non-hydrogen) atoms. The molecule has 0 saturated carbocycles. The summed E-state index contributed by atoms with van der Waals surface area (Å²) in [6, 6.07) is 4.00. The highest BCUT2D eigenvalue weighted by atomic mass is 79.9. The van der Waals surface area contributed by atoms with Crippen molar-refractivity contribution in [2.75, 3.05) is 5.73 Å². The molecule has 78 valence electrons. The van der Waals surface area contributed by atoms with Crippen LogP contribution in [0.2, 0.25) is 0 Å². The molecule has 0 unspecified atom stereocenters. The molecule has 2 N–H and O–H groups in total. The maximum Gasteiger partial charge on any atom is 0.166 e. The number of halogens is 2. The molecule has 0 amide bonds. The van der Waals surface area contributed by atoms with Crippen LogP contribution in [0.15, 0.2) is 27.3 Å². The van der Waals surface area contributed by atoms with Crippen molar-refractivity contribution in [1.29, 1.82) is 0 Å². The summed E-state index contributed by atoms with van der Waals surface area (Å²) in [5, 5.41) is 8.11. The van der Waals surface area contributed by atoms with Gasteiger partial charge in [0.1, 0.15) is 5.69 Å². The predicted octanol–water partition coefficient (Wildman–Crippen LogP) is 2.68. The lowest BCUT2D eigenvalue weighted by Gasteiger charge is -2.06. The fourth-order valence-corrected chi connectivity index (χ4v) is 3.00. The van der Waals surface area contributed by atoms with Gasteiger partial charge in [-0.15, -0.1) is 9.90 Å². The number of anilines is 1. The molecule has 2 rings (SSSR count). The topological polar surface area (TPSA) is 56.7 Å². The van der Waals surface area contributed by atoms with E-state index in [9.17, 15) is 0 Å². The van der Waals surface area contributed by atoms with Gasteiger partial charge in [-0.05, 0) is 56.5 Å². The smallest absolute Gasteiger partial charge is 0.166 e. The van der Waals surface area contributed by atoms with Crippen LogP contribution in [0.25, 0.3) is 5.69 Å². The van der Waals surface area contributed by atoms with E-state index in [1.165, 1.54) is 11.0 Å². The molecule has 0 saturated heterocycles. The summed E-state index contributed by atoms with van der Waals surface area (Å²) in [6.45, 7) is 2.02. The summed E-state index contributed by atoms with van der Waals surface area (Å²) in [5.41, 5.74) is 7.52. The molecule has 6 heteroatoms. The SMILES string of the molecule is Cc1cc(Br)c(-n2ncc(N)n2)c(Br)c1. The minimum absolute atomic E-state index is 0.398. The van der Waals surface area contributed by atoms with E-state index < -0.39 is 0 Å². The molecule has 0 atom stereocenters. The van der Waals surface area contributed by atoms with Crippen molar-refractivity contribution in [1.82, 2.24) is 15.0 Å². The van der Waals surface area contributed by atoms with Crippen LogP contribution in [0, 0.1) is 6.92 Å². The number of aromatic nitrogens is 3. The Morgan fingerprint density at radius 3 is 2.33 bits per heavy atom. The van der Waals surface area contributed by atoms with Gasteiger partial charge in [0.25, 0.3) is 0 Å². The van der Waals surface area contributed by atoms with Gasteiger partial charge in [0.15, 0.2) is 5.82 Å². The Hall–Kier alpha value is -0.880. The van der Waals surface area contributed by atoms with Crippen molar-refractivity contribution in [3.05, 3.63) is 32.8 Å². The average molecular weight is 332 g/mol. The predicted molar refractivity (Wildman–Crippen MR) is 65.9 cm³/mol. The van der Waals surface area contributed by atoms with E-state index in [0.29, 0.717) is 5.82 Å². The summed E-state index contributed by atoms with van der Waals surface area (Å²) in [5.74, 6) is 0.398. The third-order valence-electron chi connectivity index (χ3n) is 1.87. The molecular weight excluding hydrogens is 324 g/mol. The maximum absolute atomic E-state index is 5.52. The second-order valence-corrected chi connectivity index (χ2v) is 4.84. The quantitative estimate of drug-likeness (QED) is 0.874. The summed E-state index contributed by atoms with van der Waals surface area (Å²) in [6.07, 6.45) is 1.51. The fraction of sp³-hybridized carbons (Fsp3) is 0.111. The Morgan fingerprint density at radius 2 is 1.87 bits per heavy atom. The van der Waals surface area contributed by atoms with Gasteiger partial charge in [-0.2, -0.15) is 5.10 Å². The first-order chi connectivity index (χ1) is 7.08. The zero-order chi connectivity index (χ0) is 11.0. The molecular formula is C9H8Br2N4. The summed E-state index contributed by atoms with van der Waals surface area (Å²) in [4.78, 5) is 1.49. The van der Waals surface area contributed by atoms with Crippen LogP contribution in [0.5, 0.6) is 0 Å². The van der Waals surface area contributed by atoms with Gasteiger partial charge < -0.3 is 5.73 Å². The molecule has 0 aliphatic heterocycles. The lowest BCUT2D eigenvalue weighted by atomic mass is 10.2. The first-order valence-corrected chi connectivity index (χ1v) is 5.80. The van der Waals surface area contributed by atoms with Crippen LogP contribution >= 0.6 is 31.9 Å². The van der Waals surface area contributed by atoms with Crippen molar-refractivity contribution in [2.24, 2.45) is 0 Å². The number of nitrogens with two attached hydrogens (primary N) is 1. The van der Waals surface area contributed by atoms with Gasteiger partial charge in [0.05, 0.1) is 6.20 Å². The molecule has 0 aliphatic rings. The van der Waals surface area contributed by atoms with E-state index >= 15 is 0 Å². The first kappa shape index (κ1) is 10.6. The summed E-state index contributed by atoms with van der Waals surface area (Å²) < 4.78 is 1.84. The van der Waals surface area contributed by atoms with Gasteiger partial charge in [-0.1, -0.05) is 0 Å². The molecule has 4 nitrogen and oxygen atoms in total. The van der Waals surface area contributed by atoms with Crippen LogP contribution in [0.1, 0.15) is 5.56 Å². The molecule has 0 spiro atoms. The van der Waals surface area contributed by atoms with E-state index in [1.807, 2.05) is 19.1 Å². The molecule has 0 fully saturated rings. The number of benzene rings is 1. The highest BCUT2D eigenvalue weighted by Gasteiger charge is 2.10. The Bertz CT molecular complexity index is 484. The van der Waals surface area contributed by atoms with E-state index in [1.54, 1.807) is 0 Å². The van der Waals surface area contributed by atoms with Crippen LogP contribution < -0.4 is 5.73 Å². The molecule has 0 radical (unpaired) electrons. The maximum atomic E-state index is 5.52. The number of nitrogens with zero attached hydrogens (tertiary/aromatic N) is 3. The number of aryl methyl sites for hydroxylation is 1. The average Bonchev–Trinajstić information content (AvgIpc) is 2.49. The van der Waals surface area contributed by atoms with E-state index in [0.717, 1.165) is 20.2 Å². The fourth-order valence-electron chi connectivity index (χ4n) is 1.27. The van der Waals surface area contributed by atoms with E-state index in [2.05, 4.69) is 42.1 Å². The van der Waals surface area contributed by atoms with E-state index in [4.69, 9.17) is 5.73 Å². The monoisotopic (exact) mass is 330 g/mol. The second kappa shape index (κ2) is 3.94. The van der Waals surface area contributed by atoms with Crippen molar-refractivity contribution >= 4 is 37.7 Å². The van der Waals surface area contributed by atoms with Crippen molar-refractivity contribution in [3.63, 3.8) is 0 Å². The third kappa shape index (κ3) is 2.05. The molecule has 2 aromatic rings. The Balaban J connectivity index is 2.62. The highest BCUT2D eigenvalue weighted by molar-refractivity contribution is 9.11. The molecule has 1 aromatic carbocycles. The van der Waals surface area contributed by atoms with Gasteiger partial charge in [-0.25, -0.2) is 0 Å². The van der Waals surface area contributed by atoms with Gasteiger partial charge in [0.2, 0.25) is 0 Å². The Kier molecular flexibility index (Phi) is 2.79. The molecule has 1 aromatic heterocycles. The van der Waals surface area contributed by atoms with Crippen molar-refractivity contribution in [3.8, 4) is 5.69 Å². The first-order valence-electron chi connectivity index (χ1n) is 4.22. The lowest BCUT2D eigenvalue weighted by molar-refractivity contribution is 0.747. The van der Waals surface area contributed by atoms with Crippen LogP contribution in [0.4, 0.5) is 5.82 Å². The van der Waals surface area contributed by atoms with Crippen molar-refractivity contribution in [2.45, 2.75) is 6.92 Å². The lowest BCUT2D eigenvalue weighted by Crippen LogP contribution is -2.02. The van der Waals surface area contributed by atoms with Gasteiger partial charge in [-0.3, -0.25) is 0 Å². The van der Waals surface area contributed by atoms with E-state index in [-0.39, 0.29) is 0 Å². The number of nitrogen functional groups attached to an aromatic ring is 1. The molecule has 1 heterocycles.